The highest BCUT2D eigenvalue weighted by molar-refractivity contribution is 6.32. The van der Waals surface area contributed by atoms with Crippen LogP contribution in [-0.4, -0.2) is 20.6 Å². The summed E-state index contributed by atoms with van der Waals surface area (Å²) in [6, 6.07) is 5.31. The first-order valence-corrected chi connectivity index (χ1v) is 4.19. The summed E-state index contributed by atoms with van der Waals surface area (Å²) >= 11 is 5.88. The predicted octanol–water partition coefficient (Wildman–Crippen LogP) is 2.08. The fourth-order valence-electron chi connectivity index (χ4n) is 1.15. The van der Waals surface area contributed by atoms with Crippen molar-refractivity contribution in [2.24, 2.45) is 0 Å². The summed E-state index contributed by atoms with van der Waals surface area (Å²) < 4.78 is 1.59. The van der Waals surface area contributed by atoms with Crippen molar-refractivity contribution >= 4 is 29.2 Å². The van der Waals surface area contributed by atoms with E-state index in [1.807, 2.05) is 0 Å². The normalized spacial score (nSPS) is 10.4. The second kappa shape index (κ2) is 3.19. The minimum atomic E-state index is -1.18. The van der Waals surface area contributed by atoms with E-state index < -0.39 is 6.09 Å². The molecule has 1 amide bonds. The first kappa shape index (κ1) is 8.83. The van der Waals surface area contributed by atoms with Gasteiger partial charge in [0, 0.05) is 6.20 Å². The number of fused-ring (bicyclic) bond motifs is 1. The lowest BCUT2D eigenvalue weighted by Gasteiger charge is -1.94. The van der Waals surface area contributed by atoms with Gasteiger partial charge in [0.1, 0.15) is 5.65 Å². The van der Waals surface area contributed by atoms with Crippen molar-refractivity contribution in [1.82, 2.24) is 9.38 Å². The molecule has 5 nitrogen and oxygen atoms in total. The number of amides is 1. The maximum atomic E-state index is 10.4. The number of imidazole rings is 1. The Hall–Kier alpha value is -1.75. The van der Waals surface area contributed by atoms with Crippen LogP contribution in [0.1, 0.15) is 0 Å². The lowest BCUT2D eigenvalue weighted by atomic mass is 10.5. The number of rotatable bonds is 1. The van der Waals surface area contributed by atoms with Crippen molar-refractivity contribution in [2.75, 3.05) is 5.32 Å². The quantitative estimate of drug-likeness (QED) is 0.759. The second-order valence-corrected chi connectivity index (χ2v) is 2.97. The summed E-state index contributed by atoms with van der Waals surface area (Å²) in [5.41, 5.74) is 0.598. The molecular weight excluding hydrogens is 206 g/mol. The molecule has 6 heteroatoms. The zero-order chi connectivity index (χ0) is 10.1. The Labute approximate surface area is 83.9 Å². The fraction of sp³-hybridized carbons (Fsp3) is 0. The number of nitrogens with one attached hydrogen (secondary N) is 1. The number of halogens is 1. The van der Waals surface area contributed by atoms with Crippen LogP contribution in [0.2, 0.25) is 5.15 Å². The standard InChI is InChI=1S/C8H6ClN3O2/c9-6-7(11-8(13)14)10-5-3-1-2-4-12(5)6/h1-4,11H,(H,13,14). The Kier molecular flexibility index (Phi) is 2.01. The van der Waals surface area contributed by atoms with Crippen LogP contribution < -0.4 is 5.32 Å². The van der Waals surface area contributed by atoms with Crippen molar-refractivity contribution in [2.45, 2.75) is 0 Å². The number of carbonyl (C=O) groups is 1. The minimum Gasteiger partial charge on any atom is -0.465 e. The first-order chi connectivity index (χ1) is 6.68. The van der Waals surface area contributed by atoms with Gasteiger partial charge in [-0.05, 0) is 12.1 Å². The van der Waals surface area contributed by atoms with E-state index >= 15 is 0 Å². The van der Waals surface area contributed by atoms with Crippen LogP contribution in [-0.2, 0) is 0 Å². The van der Waals surface area contributed by atoms with Crippen LogP contribution in [0.4, 0.5) is 10.6 Å². The molecule has 0 aromatic carbocycles. The van der Waals surface area contributed by atoms with Crippen LogP contribution in [0.3, 0.4) is 0 Å². The summed E-state index contributed by atoms with van der Waals surface area (Å²) in [4.78, 5) is 14.4. The van der Waals surface area contributed by atoms with E-state index in [0.29, 0.717) is 5.65 Å². The van der Waals surface area contributed by atoms with Crippen molar-refractivity contribution in [3.63, 3.8) is 0 Å². The average molecular weight is 212 g/mol. The maximum Gasteiger partial charge on any atom is 0.410 e. The molecule has 0 atom stereocenters. The third-order valence-corrected chi connectivity index (χ3v) is 2.06. The Bertz CT molecular complexity index is 494. The molecule has 0 bridgehead atoms. The number of carboxylic acid groups (broad SMARTS) is 1. The molecule has 0 aliphatic rings. The van der Waals surface area contributed by atoms with Gasteiger partial charge in [-0.1, -0.05) is 17.7 Å². The monoisotopic (exact) mass is 211 g/mol. The van der Waals surface area contributed by atoms with E-state index in [4.69, 9.17) is 16.7 Å². The molecule has 14 heavy (non-hydrogen) atoms. The molecule has 2 N–H and O–H groups in total. The van der Waals surface area contributed by atoms with Crippen molar-refractivity contribution in [1.29, 1.82) is 0 Å². The SMILES string of the molecule is O=C(O)Nc1nc2ccccn2c1Cl. The van der Waals surface area contributed by atoms with Gasteiger partial charge >= 0.3 is 6.09 Å². The highest BCUT2D eigenvalue weighted by Crippen LogP contribution is 2.22. The van der Waals surface area contributed by atoms with E-state index in [2.05, 4.69) is 10.3 Å². The number of anilines is 1. The van der Waals surface area contributed by atoms with Crippen LogP contribution in [0.15, 0.2) is 24.4 Å². The lowest BCUT2D eigenvalue weighted by molar-refractivity contribution is 0.209. The number of pyridine rings is 1. The molecule has 72 valence electrons. The molecule has 2 aromatic heterocycles. The van der Waals surface area contributed by atoms with Gasteiger partial charge in [-0.15, -0.1) is 0 Å². The van der Waals surface area contributed by atoms with E-state index in [9.17, 15) is 4.79 Å². The number of hydrogen-bond donors (Lipinski definition) is 2. The van der Waals surface area contributed by atoms with Crippen molar-refractivity contribution in [3.05, 3.63) is 29.5 Å². The van der Waals surface area contributed by atoms with Gasteiger partial charge in [-0.2, -0.15) is 0 Å². The van der Waals surface area contributed by atoms with Crippen LogP contribution in [0.5, 0.6) is 0 Å². The topological polar surface area (TPSA) is 66.6 Å². The predicted molar refractivity (Wildman–Crippen MR) is 51.8 cm³/mol. The van der Waals surface area contributed by atoms with Gasteiger partial charge in [0.05, 0.1) is 0 Å². The summed E-state index contributed by atoms with van der Waals surface area (Å²) in [5, 5.41) is 10.9. The molecule has 0 unspecified atom stereocenters. The maximum absolute atomic E-state index is 10.4. The summed E-state index contributed by atoms with van der Waals surface area (Å²) in [7, 11) is 0. The van der Waals surface area contributed by atoms with Crippen LogP contribution >= 0.6 is 11.6 Å². The highest BCUT2D eigenvalue weighted by atomic mass is 35.5. The Morgan fingerprint density at radius 1 is 1.57 bits per heavy atom. The number of nitrogens with zero attached hydrogens (tertiary/aromatic N) is 2. The average Bonchev–Trinajstić information content (AvgIpc) is 2.44. The van der Waals surface area contributed by atoms with Gasteiger partial charge in [-0.25, -0.2) is 9.78 Å². The van der Waals surface area contributed by atoms with E-state index in [1.54, 1.807) is 28.8 Å². The molecule has 0 aliphatic carbocycles. The Balaban J connectivity index is 2.57. The molecule has 2 heterocycles. The van der Waals surface area contributed by atoms with Crippen LogP contribution in [0.25, 0.3) is 5.65 Å². The number of aromatic nitrogens is 2. The molecule has 0 saturated carbocycles. The molecule has 2 rings (SSSR count). The Morgan fingerprint density at radius 2 is 2.36 bits per heavy atom. The largest absolute Gasteiger partial charge is 0.465 e. The second-order valence-electron chi connectivity index (χ2n) is 2.61. The fourth-order valence-corrected chi connectivity index (χ4v) is 1.38. The molecule has 2 aromatic rings. The molecular formula is C8H6ClN3O2. The van der Waals surface area contributed by atoms with Gasteiger partial charge < -0.3 is 5.11 Å². The third-order valence-electron chi connectivity index (χ3n) is 1.70. The zero-order valence-electron chi connectivity index (χ0n) is 6.94. The third kappa shape index (κ3) is 1.38. The van der Waals surface area contributed by atoms with Gasteiger partial charge in [0.2, 0.25) is 0 Å². The highest BCUT2D eigenvalue weighted by Gasteiger charge is 2.10. The van der Waals surface area contributed by atoms with Crippen LogP contribution in [0, 0.1) is 0 Å². The molecule has 0 spiro atoms. The molecule has 0 aliphatic heterocycles. The van der Waals surface area contributed by atoms with Gasteiger partial charge in [-0.3, -0.25) is 9.72 Å². The van der Waals surface area contributed by atoms with E-state index in [-0.39, 0.29) is 11.0 Å². The van der Waals surface area contributed by atoms with Gasteiger partial charge in [0.15, 0.2) is 11.0 Å². The Morgan fingerprint density at radius 3 is 3.00 bits per heavy atom. The summed E-state index contributed by atoms with van der Waals surface area (Å²) in [6.07, 6.45) is 0.521. The first-order valence-electron chi connectivity index (χ1n) is 3.81. The van der Waals surface area contributed by atoms with Crippen molar-refractivity contribution < 1.29 is 9.90 Å². The number of hydrogen-bond acceptors (Lipinski definition) is 2. The lowest BCUT2D eigenvalue weighted by Crippen LogP contribution is -2.07. The smallest absolute Gasteiger partial charge is 0.410 e. The van der Waals surface area contributed by atoms with Gasteiger partial charge in [0.25, 0.3) is 0 Å². The minimum absolute atomic E-state index is 0.144. The molecule has 0 radical (unpaired) electrons. The molecule has 0 fully saturated rings. The summed E-state index contributed by atoms with van der Waals surface area (Å²) in [6.45, 7) is 0. The van der Waals surface area contributed by atoms with Crippen molar-refractivity contribution in [3.8, 4) is 0 Å². The summed E-state index contributed by atoms with van der Waals surface area (Å²) in [5.74, 6) is 0.144. The van der Waals surface area contributed by atoms with E-state index in [0.717, 1.165) is 0 Å². The molecule has 0 saturated heterocycles. The zero-order valence-corrected chi connectivity index (χ0v) is 7.69. The van der Waals surface area contributed by atoms with E-state index in [1.165, 1.54) is 0 Å².